The molecule has 3 nitrogen and oxygen atoms in total. The van der Waals surface area contributed by atoms with E-state index in [0.29, 0.717) is 6.61 Å². The molecule has 0 atom stereocenters. The summed E-state index contributed by atoms with van der Waals surface area (Å²) in [5.74, 6) is -0.135. The summed E-state index contributed by atoms with van der Waals surface area (Å²) in [6.45, 7) is 8.54. The van der Waals surface area contributed by atoms with E-state index in [0.717, 1.165) is 12.5 Å². The Bertz CT molecular complexity index is 178. The Balaban J connectivity index is 3.52. The summed E-state index contributed by atoms with van der Waals surface area (Å²) in [5, 5.41) is 0. The molecule has 0 aromatic heterocycles. The highest BCUT2D eigenvalue weighted by Crippen LogP contribution is 2.12. The van der Waals surface area contributed by atoms with E-state index < -0.39 is 8.32 Å². The molecule has 0 aliphatic rings. The van der Waals surface area contributed by atoms with Crippen molar-refractivity contribution in [1.29, 1.82) is 0 Å². The van der Waals surface area contributed by atoms with Crippen LogP contribution in [0.4, 0.5) is 0 Å². The third-order valence-corrected chi connectivity index (χ3v) is 4.85. The van der Waals surface area contributed by atoms with Gasteiger partial charge in [-0.25, -0.2) is 0 Å². The summed E-state index contributed by atoms with van der Waals surface area (Å²) in [6, 6.07) is 1.04. The molecule has 4 heteroatoms. The number of esters is 1. The van der Waals surface area contributed by atoms with Crippen molar-refractivity contribution in [1.82, 2.24) is 0 Å². The third-order valence-electron chi connectivity index (χ3n) is 2.19. The fraction of sp³-hybridized carbons (Fsp3) is 0.900. The first-order valence-electron chi connectivity index (χ1n) is 5.11. The number of hydrogen-bond acceptors (Lipinski definition) is 3. The predicted octanol–water partition coefficient (Wildman–Crippen LogP) is 2.43. The molecule has 0 saturated carbocycles. The van der Waals surface area contributed by atoms with E-state index in [9.17, 15) is 4.79 Å². The summed E-state index contributed by atoms with van der Waals surface area (Å²) in [5.41, 5.74) is 0. The van der Waals surface area contributed by atoms with Gasteiger partial charge >= 0.3 is 5.97 Å². The average molecular weight is 218 g/mol. The molecular formula is C10H22O3Si. The normalized spacial score (nSPS) is 11.9. The molecule has 84 valence electrons. The molecule has 0 aliphatic carbocycles. The summed E-state index contributed by atoms with van der Waals surface area (Å²) in [7, 11) is 0.289. The van der Waals surface area contributed by atoms with Crippen LogP contribution >= 0.6 is 0 Å². The largest absolute Gasteiger partial charge is 0.465 e. The van der Waals surface area contributed by atoms with Crippen LogP contribution in [0.3, 0.4) is 0 Å². The minimum atomic E-state index is -1.47. The lowest BCUT2D eigenvalue weighted by molar-refractivity contribution is -0.147. The monoisotopic (exact) mass is 218 g/mol. The van der Waals surface area contributed by atoms with Crippen LogP contribution < -0.4 is 0 Å². The van der Waals surface area contributed by atoms with Crippen LogP contribution in [0.5, 0.6) is 0 Å². The van der Waals surface area contributed by atoms with Crippen LogP contribution in [0.2, 0.25) is 19.1 Å². The zero-order chi connectivity index (χ0) is 11.2. The predicted molar refractivity (Wildman–Crippen MR) is 59.7 cm³/mol. The van der Waals surface area contributed by atoms with Gasteiger partial charge in [-0.05, 0) is 25.6 Å². The Morgan fingerprint density at radius 2 is 1.93 bits per heavy atom. The van der Waals surface area contributed by atoms with E-state index in [1.54, 1.807) is 7.11 Å². The van der Waals surface area contributed by atoms with Crippen LogP contribution in [-0.4, -0.2) is 28.0 Å². The Morgan fingerprint density at radius 3 is 2.36 bits per heavy atom. The van der Waals surface area contributed by atoms with E-state index in [1.165, 1.54) is 0 Å². The van der Waals surface area contributed by atoms with Crippen molar-refractivity contribution in [2.45, 2.75) is 39.4 Å². The molecule has 0 amide bonds. The first kappa shape index (κ1) is 13.6. The first-order chi connectivity index (χ1) is 6.39. The molecule has 0 radical (unpaired) electrons. The molecule has 0 heterocycles. The van der Waals surface area contributed by atoms with Gasteiger partial charge in [-0.1, -0.05) is 13.8 Å². The van der Waals surface area contributed by atoms with E-state index in [4.69, 9.17) is 9.16 Å². The molecule has 0 unspecified atom stereocenters. The summed E-state index contributed by atoms with van der Waals surface area (Å²) in [6.07, 6.45) is 0.908. The molecule has 0 fully saturated rings. The molecule has 0 spiro atoms. The Kier molecular flexibility index (Phi) is 6.03. The van der Waals surface area contributed by atoms with Crippen LogP contribution in [0.15, 0.2) is 0 Å². The van der Waals surface area contributed by atoms with Gasteiger partial charge in [0, 0.05) is 7.11 Å². The Labute approximate surface area is 87.9 Å². The smallest absolute Gasteiger partial charge is 0.308 e. The van der Waals surface area contributed by atoms with Gasteiger partial charge in [-0.2, -0.15) is 0 Å². The average Bonchev–Trinajstić information content (AvgIpc) is 2.12. The van der Waals surface area contributed by atoms with E-state index in [2.05, 4.69) is 13.1 Å². The molecule has 0 aromatic rings. The lowest BCUT2D eigenvalue weighted by Gasteiger charge is -2.19. The lowest BCUT2D eigenvalue weighted by Crippen LogP contribution is -2.28. The highest BCUT2D eigenvalue weighted by Gasteiger charge is 2.19. The van der Waals surface area contributed by atoms with Crippen LogP contribution in [-0.2, 0) is 14.0 Å². The highest BCUT2D eigenvalue weighted by atomic mass is 28.4. The van der Waals surface area contributed by atoms with Crippen LogP contribution in [0, 0.1) is 5.92 Å². The van der Waals surface area contributed by atoms with Gasteiger partial charge < -0.3 is 9.16 Å². The van der Waals surface area contributed by atoms with Crippen molar-refractivity contribution < 1.29 is 14.0 Å². The second-order valence-electron chi connectivity index (χ2n) is 4.39. The van der Waals surface area contributed by atoms with Crippen molar-refractivity contribution in [3.63, 3.8) is 0 Å². The minimum absolute atomic E-state index is 0.0253. The number of hydrogen-bond donors (Lipinski definition) is 0. The number of carbonyl (C=O) groups excluding carboxylic acids is 1. The Morgan fingerprint density at radius 1 is 1.36 bits per heavy atom. The fourth-order valence-electron chi connectivity index (χ4n) is 0.939. The molecule has 0 aromatic carbocycles. The molecule has 0 bridgehead atoms. The van der Waals surface area contributed by atoms with E-state index >= 15 is 0 Å². The zero-order valence-corrected chi connectivity index (χ0v) is 10.9. The maximum Gasteiger partial charge on any atom is 0.308 e. The van der Waals surface area contributed by atoms with E-state index in [1.807, 2.05) is 13.8 Å². The third kappa shape index (κ3) is 6.15. The number of ether oxygens (including phenoxy) is 1. The number of rotatable bonds is 6. The standard InChI is InChI=1S/C10H22O3Si/c1-9(2)10(11)13-7-6-8-14(4,5)12-3/h9H,6-8H2,1-5H3. The highest BCUT2D eigenvalue weighted by molar-refractivity contribution is 6.71. The molecule has 14 heavy (non-hydrogen) atoms. The van der Waals surface area contributed by atoms with Gasteiger partial charge in [0.15, 0.2) is 8.32 Å². The quantitative estimate of drug-likeness (QED) is 0.390. The van der Waals surface area contributed by atoms with Gasteiger partial charge in [0.1, 0.15) is 0 Å². The fourth-order valence-corrected chi connectivity index (χ4v) is 2.14. The van der Waals surface area contributed by atoms with E-state index in [-0.39, 0.29) is 11.9 Å². The maximum atomic E-state index is 11.1. The second kappa shape index (κ2) is 6.19. The van der Waals surface area contributed by atoms with Crippen molar-refractivity contribution >= 4 is 14.3 Å². The van der Waals surface area contributed by atoms with Crippen molar-refractivity contribution in [3.8, 4) is 0 Å². The summed E-state index contributed by atoms with van der Waals surface area (Å²) < 4.78 is 10.5. The van der Waals surface area contributed by atoms with Gasteiger partial charge in [0.05, 0.1) is 12.5 Å². The molecule has 0 aliphatic heterocycles. The SMILES string of the molecule is CO[Si](C)(C)CCCOC(=O)C(C)C. The second-order valence-corrected chi connectivity index (χ2v) is 8.82. The molecule has 0 saturated heterocycles. The molecule has 0 N–H and O–H groups in total. The summed E-state index contributed by atoms with van der Waals surface area (Å²) >= 11 is 0. The van der Waals surface area contributed by atoms with Crippen LogP contribution in [0.1, 0.15) is 20.3 Å². The van der Waals surface area contributed by atoms with Crippen molar-refractivity contribution in [2.24, 2.45) is 5.92 Å². The number of carbonyl (C=O) groups is 1. The topological polar surface area (TPSA) is 35.5 Å². The van der Waals surface area contributed by atoms with Crippen LogP contribution in [0.25, 0.3) is 0 Å². The minimum Gasteiger partial charge on any atom is -0.465 e. The zero-order valence-electron chi connectivity index (χ0n) is 9.92. The van der Waals surface area contributed by atoms with Gasteiger partial charge in [-0.3, -0.25) is 4.79 Å². The van der Waals surface area contributed by atoms with Crippen molar-refractivity contribution in [2.75, 3.05) is 13.7 Å². The van der Waals surface area contributed by atoms with Gasteiger partial charge in [-0.15, -0.1) is 0 Å². The maximum absolute atomic E-state index is 11.1. The molecular weight excluding hydrogens is 196 g/mol. The summed E-state index contributed by atoms with van der Waals surface area (Å²) in [4.78, 5) is 11.1. The van der Waals surface area contributed by atoms with Gasteiger partial charge in [0.25, 0.3) is 0 Å². The Hall–Kier alpha value is -0.353. The first-order valence-corrected chi connectivity index (χ1v) is 8.22. The van der Waals surface area contributed by atoms with Crippen molar-refractivity contribution in [3.05, 3.63) is 0 Å². The molecule has 0 rings (SSSR count). The lowest BCUT2D eigenvalue weighted by atomic mass is 10.2. The van der Waals surface area contributed by atoms with Gasteiger partial charge in [0.2, 0.25) is 0 Å².